The lowest BCUT2D eigenvalue weighted by molar-refractivity contribution is -0.0721. The van der Waals surface area contributed by atoms with E-state index in [2.05, 4.69) is 58.2 Å². The van der Waals surface area contributed by atoms with Gasteiger partial charge in [-0.05, 0) is 63.5 Å². The maximum atomic E-state index is 6.19. The second kappa shape index (κ2) is 12.7. The number of aliphatic imine (C=N–C) groups is 1. The molecule has 0 aliphatic carbocycles. The average molecular weight is 571 g/mol. The maximum absolute atomic E-state index is 6.19. The van der Waals surface area contributed by atoms with E-state index in [4.69, 9.17) is 9.47 Å². The number of fused-ring (bicyclic) bond motifs is 1. The zero-order valence-electron chi connectivity index (χ0n) is 20.7. The number of nitrogens with zero attached hydrogens (tertiary/aromatic N) is 3. The molecule has 4 rings (SSSR count). The number of nitrogens with one attached hydrogen (secondary N) is 1. The molecule has 0 radical (unpaired) electrons. The van der Waals surface area contributed by atoms with Gasteiger partial charge in [0.15, 0.2) is 5.96 Å². The number of benzene rings is 1. The smallest absolute Gasteiger partial charge is 0.193 e. The fourth-order valence-corrected chi connectivity index (χ4v) is 5.17. The summed E-state index contributed by atoms with van der Waals surface area (Å²) in [5.41, 5.74) is 3.03. The number of hydrogen-bond acceptors (Lipinski definition) is 4. The SMILES string of the molecule is CN=C(NCC(C)(C)N1CCc2ccccc2C1)N1CCC(OCC2CCCCO2)CC1.I. The first-order valence-corrected chi connectivity index (χ1v) is 12.6. The van der Waals surface area contributed by atoms with Crippen molar-refractivity contribution >= 4 is 29.9 Å². The highest BCUT2D eigenvalue weighted by Crippen LogP contribution is 2.25. The van der Waals surface area contributed by atoms with Crippen LogP contribution in [0.3, 0.4) is 0 Å². The van der Waals surface area contributed by atoms with Gasteiger partial charge >= 0.3 is 0 Å². The van der Waals surface area contributed by atoms with Gasteiger partial charge in [-0.1, -0.05) is 24.3 Å². The molecule has 186 valence electrons. The Morgan fingerprint density at radius 1 is 1.12 bits per heavy atom. The van der Waals surface area contributed by atoms with E-state index in [1.54, 1.807) is 0 Å². The van der Waals surface area contributed by atoms with Gasteiger partial charge in [0.2, 0.25) is 0 Å². The van der Waals surface area contributed by atoms with Gasteiger partial charge in [-0.3, -0.25) is 9.89 Å². The quantitative estimate of drug-likeness (QED) is 0.318. The van der Waals surface area contributed by atoms with E-state index >= 15 is 0 Å². The molecule has 0 aromatic heterocycles. The van der Waals surface area contributed by atoms with Crippen molar-refractivity contribution in [1.29, 1.82) is 0 Å². The minimum absolute atomic E-state index is 0. The van der Waals surface area contributed by atoms with Gasteiger partial charge in [0.05, 0.1) is 18.8 Å². The van der Waals surface area contributed by atoms with Crippen LogP contribution < -0.4 is 5.32 Å². The van der Waals surface area contributed by atoms with Crippen molar-refractivity contribution in [3.63, 3.8) is 0 Å². The van der Waals surface area contributed by atoms with E-state index in [0.717, 1.165) is 77.6 Å². The number of piperidine rings is 1. The highest BCUT2D eigenvalue weighted by atomic mass is 127. The summed E-state index contributed by atoms with van der Waals surface area (Å²) in [5.74, 6) is 1.02. The van der Waals surface area contributed by atoms with Crippen molar-refractivity contribution in [2.75, 3.05) is 46.4 Å². The third kappa shape index (κ3) is 7.29. The molecule has 0 spiro atoms. The summed E-state index contributed by atoms with van der Waals surface area (Å²) in [7, 11) is 1.90. The van der Waals surface area contributed by atoms with Gasteiger partial charge in [-0.25, -0.2) is 0 Å². The van der Waals surface area contributed by atoms with Crippen LogP contribution >= 0.6 is 24.0 Å². The Hall–Kier alpha value is -0.900. The Balaban J connectivity index is 0.00000306. The normalized spacial score (nSPS) is 23.1. The van der Waals surface area contributed by atoms with E-state index in [1.165, 1.54) is 24.0 Å². The predicted octanol–water partition coefficient (Wildman–Crippen LogP) is 4.07. The van der Waals surface area contributed by atoms with Crippen LogP contribution in [-0.2, 0) is 22.4 Å². The molecule has 33 heavy (non-hydrogen) atoms. The second-order valence-electron chi connectivity index (χ2n) is 10.2. The van der Waals surface area contributed by atoms with Crippen molar-refractivity contribution in [2.45, 2.75) is 76.7 Å². The van der Waals surface area contributed by atoms with E-state index in [-0.39, 0.29) is 29.5 Å². The van der Waals surface area contributed by atoms with Gasteiger partial charge < -0.3 is 19.7 Å². The van der Waals surface area contributed by atoms with Gasteiger partial charge in [0, 0.05) is 51.9 Å². The largest absolute Gasteiger partial charge is 0.376 e. The average Bonchev–Trinajstić information content (AvgIpc) is 2.84. The highest BCUT2D eigenvalue weighted by molar-refractivity contribution is 14.0. The molecule has 1 N–H and O–H groups in total. The zero-order valence-corrected chi connectivity index (χ0v) is 23.1. The van der Waals surface area contributed by atoms with Crippen molar-refractivity contribution in [3.8, 4) is 0 Å². The maximum Gasteiger partial charge on any atom is 0.193 e. The molecule has 6 nitrogen and oxygen atoms in total. The number of ether oxygens (including phenoxy) is 2. The van der Waals surface area contributed by atoms with Gasteiger partial charge in [0.25, 0.3) is 0 Å². The van der Waals surface area contributed by atoms with Crippen LogP contribution in [0.4, 0.5) is 0 Å². The summed E-state index contributed by atoms with van der Waals surface area (Å²) in [4.78, 5) is 9.58. The first kappa shape index (κ1) is 26.7. The Morgan fingerprint density at radius 3 is 2.58 bits per heavy atom. The van der Waals surface area contributed by atoms with Crippen molar-refractivity contribution in [3.05, 3.63) is 35.4 Å². The number of guanidine groups is 1. The molecule has 0 amide bonds. The van der Waals surface area contributed by atoms with Crippen LogP contribution in [0.5, 0.6) is 0 Å². The molecule has 3 heterocycles. The minimum atomic E-state index is 0. The molecule has 0 saturated carbocycles. The highest BCUT2D eigenvalue weighted by Gasteiger charge is 2.31. The Bertz CT molecular complexity index is 758. The fourth-order valence-electron chi connectivity index (χ4n) is 5.17. The summed E-state index contributed by atoms with van der Waals surface area (Å²) in [6, 6.07) is 8.86. The summed E-state index contributed by atoms with van der Waals surface area (Å²) in [6.45, 7) is 11.3. The monoisotopic (exact) mass is 570 g/mol. The Labute approximate surface area is 217 Å². The van der Waals surface area contributed by atoms with Crippen LogP contribution in [0, 0.1) is 0 Å². The number of rotatable bonds is 6. The van der Waals surface area contributed by atoms with Crippen LogP contribution in [0.15, 0.2) is 29.3 Å². The molecule has 1 atom stereocenters. The van der Waals surface area contributed by atoms with Gasteiger partial charge in [-0.15, -0.1) is 24.0 Å². The summed E-state index contributed by atoms with van der Waals surface area (Å²) in [5, 5.41) is 3.67. The summed E-state index contributed by atoms with van der Waals surface area (Å²) < 4.78 is 12.0. The van der Waals surface area contributed by atoms with Crippen molar-refractivity contribution < 1.29 is 9.47 Å². The molecule has 3 aliphatic rings. The fraction of sp³-hybridized carbons (Fsp3) is 0.731. The lowest BCUT2D eigenvalue weighted by Crippen LogP contribution is -2.56. The molecule has 1 aromatic carbocycles. The van der Waals surface area contributed by atoms with Crippen molar-refractivity contribution in [1.82, 2.24) is 15.1 Å². The zero-order chi connectivity index (χ0) is 22.4. The summed E-state index contributed by atoms with van der Waals surface area (Å²) >= 11 is 0. The van der Waals surface area contributed by atoms with Crippen LogP contribution in [-0.4, -0.2) is 79.9 Å². The van der Waals surface area contributed by atoms with E-state index in [1.807, 2.05) is 7.05 Å². The number of hydrogen-bond donors (Lipinski definition) is 1. The molecular weight excluding hydrogens is 527 g/mol. The van der Waals surface area contributed by atoms with Gasteiger partial charge in [-0.2, -0.15) is 0 Å². The molecule has 1 unspecified atom stereocenters. The molecule has 0 bridgehead atoms. The number of likely N-dealkylation sites (tertiary alicyclic amines) is 1. The minimum Gasteiger partial charge on any atom is -0.376 e. The lowest BCUT2D eigenvalue weighted by atomic mass is 9.94. The molecule has 3 aliphatic heterocycles. The van der Waals surface area contributed by atoms with Crippen LogP contribution in [0.2, 0.25) is 0 Å². The third-order valence-electron chi connectivity index (χ3n) is 7.41. The van der Waals surface area contributed by atoms with Crippen LogP contribution in [0.25, 0.3) is 0 Å². The number of halogens is 1. The second-order valence-corrected chi connectivity index (χ2v) is 10.2. The van der Waals surface area contributed by atoms with Crippen LogP contribution in [0.1, 0.15) is 57.1 Å². The molecule has 2 saturated heterocycles. The summed E-state index contributed by atoms with van der Waals surface area (Å²) in [6.07, 6.45) is 7.51. The first-order chi connectivity index (χ1) is 15.5. The molecule has 2 fully saturated rings. The first-order valence-electron chi connectivity index (χ1n) is 12.6. The van der Waals surface area contributed by atoms with Crippen molar-refractivity contribution in [2.24, 2.45) is 4.99 Å². The predicted molar refractivity (Wildman–Crippen MR) is 146 cm³/mol. The standard InChI is InChI=1S/C26H42N4O2.HI/c1-26(2,30-16-11-21-8-4-5-9-22(21)18-30)20-28-25(27-3)29-14-12-23(13-15-29)32-19-24-10-6-7-17-31-24;/h4-5,8-9,23-24H,6-7,10-20H2,1-3H3,(H,27,28);1H. The lowest BCUT2D eigenvalue weighted by Gasteiger charge is -2.43. The van der Waals surface area contributed by atoms with E-state index in [0.29, 0.717) is 12.2 Å². The molecule has 1 aromatic rings. The van der Waals surface area contributed by atoms with Gasteiger partial charge in [0.1, 0.15) is 0 Å². The Kier molecular flexibility index (Phi) is 10.3. The topological polar surface area (TPSA) is 49.3 Å². The van der Waals surface area contributed by atoms with E-state index < -0.39 is 0 Å². The third-order valence-corrected chi connectivity index (χ3v) is 7.41. The van der Waals surface area contributed by atoms with E-state index in [9.17, 15) is 0 Å². The molecular formula is C26H43IN4O2. The molecule has 7 heteroatoms. The Morgan fingerprint density at radius 2 is 1.88 bits per heavy atom.